The van der Waals surface area contributed by atoms with E-state index in [0.717, 1.165) is 37.8 Å². The van der Waals surface area contributed by atoms with Crippen molar-refractivity contribution in [2.24, 2.45) is 0 Å². The number of hydrogen-bond donors (Lipinski definition) is 1. The zero-order chi connectivity index (χ0) is 18.8. The second-order valence-corrected chi connectivity index (χ2v) is 6.56. The van der Waals surface area contributed by atoms with Crippen LogP contribution >= 0.6 is 0 Å². The summed E-state index contributed by atoms with van der Waals surface area (Å²) >= 11 is 0. The third-order valence-corrected chi connectivity index (χ3v) is 5.05. The topological polar surface area (TPSA) is 60.9 Å². The molecule has 0 amide bonds. The fourth-order valence-corrected chi connectivity index (χ4v) is 3.46. The first-order chi connectivity index (χ1) is 13.1. The number of hydrogen-bond acceptors (Lipinski definition) is 5. The van der Waals surface area contributed by atoms with Gasteiger partial charge in [-0.25, -0.2) is 13.8 Å². The highest BCUT2D eigenvalue weighted by Gasteiger charge is 2.26. The van der Waals surface area contributed by atoms with Crippen LogP contribution in [-0.4, -0.2) is 51.2 Å². The maximum atomic E-state index is 14.3. The van der Waals surface area contributed by atoms with E-state index in [-0.39, 0.29) is 11.6 Å². The van der Waals surface area contributed by atoms with Gasteiger partial charge in [0, 0.05) is 61.9 Å². The lowest BCUT2D eigenvalue weighted by atomic mass is 10.1. The predicted molar refractivity (Wildman–Crippen MR) is 98.2 cm³/mol. The fraction of sp³-hybridized carbons (Fsp3) is 0.316. The standard InChI is InChI=1S/C19H20F2N6/c1-13(14-11-24-25-12-14)26-7-9-27(10-8-26)19-18(22-5-6-23-19)15-3-2-4-16(20)17(15)21/h2-6,11-13H,7-10H2,1H3,(H,24,25). The van der Waals surface area contributed by atoms with Gasteiger partial charge in [-0.15, -0.1) is 0 Å². The van der Waals surface area contributed by atoms with Crippen LogP contribution in [0.3, 0.4) is 0 Å². The van der Waals surface area contributed by atoms with E-state index in [1.807, 2.05) is 12.4 Å². The fourth-order valence-electron chi connectivity index (χ4n) is 3.46. The Bertz CT molecular complexity index is 906. The molecule has 6 nitrogen and oxygen atoms in total. The monoisotopic (exact) mass is 370 g/mol. The van der Waals surface area contributed by atoms with Crippen LogP contribution < -0.4 is 4.90 Å². The number of halogens is 2. The molecule has 0 aliphatic carbocycles. The summed E-state index contributed by atoms with van der Waals surface area (Å²) in [6.07, 6.45) is 6.83. The van der Waals surface area contributed by atoms with E-state index in [4.69, 9.17) is 0 Å². The summed E-state index contributed by atoms with van der Waals surface area (Å²) in [7, 11) is 0. The first kappa shape index (κ1) is 17.5. The molecule has 3 heterocycles. The van der Waals surface area contributed by atoms with Crippen molar-refractivity contribution < 1.29 is 8.78 Å². The van der Waals surface area contributed by atoms with Crippen molar-refractivity contribution in [1.29, 1.82) is 0 Å². The molecule has 0 radical (unpaired) electrons. The van der Waals surface area contributed by atoms with Crippen LogP contribution in [0.5, 0.6) is 0 Å². The summed E-state index contributed by atoms with van der Waals surface area (Å²) in [5.74, 6) is -1.20. The Balaban J connectivity index is 1.55. The number of anilines is 1. The number of nitrogens with zero attached hydrogens (tertiary/aromatic N) is 5. The van der Waals surface area contributed by atoms with Crippen LogP contribution in [0.15, 0.2) is 43.0 Å². The zero-order valence-electron chi connectivity index (χ0n) is 14.9. The van der Waals surface area contributed by atoms with Crippen molar-refractivity contribution >= 4 is 5.82 Å². The minimum atomic E-state index is -0.897. The zero-order valence-corrected chi connectivity index (χ0v) is 14.9. The highest BCUT2D eigenvalue weighted by Crippen LogP contribution is 2.31. The van der Waals surface area contributed by atoms with Crippen molar-refractivity contribution in [1.82, 2.24) is 25.1 Å². The number of piperazine rings is 1. The minimum Gasteiger partial charge on any atom is -0.352 e. The van der Waals surface area contributed by atoms with Gasteiger partial charge in [-0.2, -0.15) is 5.10 Å². The third-order valence-electron chi connectivity index (χ3n) is 5.05. The number of benzene rings is 1. The maximum Gasteiger partial charge on any atom is 0.168 e. The molecule has 1 fully saturated rings. The van der Waals surface area contributed by atoms with E-state index >= 15 is 0 Å². The van der Waals surface area contributed by atoms with Crippen LogP contribution in [0.4, 0.5) is 14.6 Å². The highest BCUT2D eigenvalue weighted by molar-refractivity contribution is 5.72. The van der Waals surface area contributed by atoms with Gasteiger partial charge in [-0.3, -0.25) is 15.0 Å². The Hall–Kier alpha value is -2.87. The molecule has 140 valence electrons. The van der Waals surface area contributed by atoms with Gasteiger partial charge in [0.15, 0.2) is 17.5 Å². The Morgan fingerprint density at radius 3 is 2.59 bits per heavy atom. The number of aromatic nitrogens is 4. The van der Waals surface area contributed by atoms with E-state index in [9.17, 15) is 8.78 Å². The molecule has 0 saturated carbocycles. The molecule has 8 heteroatoms. The van der Waals surface area contributed by atoms with Crippen LogP contribution in [0.1, 0.15) is 18.5 Å². The molecule has 1 aliphatic rings. The quantitative estimate of drug-likeness (QED) is 0.765. The smallest absolute Gasteiger partial charge is 0.168 e. The van der Waals surface area contributed by atoms with Crippen molar-refractivity contribution in [2.75, 3.05) is 31.1 Å². The summed E-state index contributed by atoms with van der Waals surface area (Å²) in [5, 5.41) is 6.86. The van der Waals surface area contributed by atoms with Gasteiger partial charge in [0.1, 0.15) is 5.69 Å². The molecular formula is C19H20F2N6. The van der Waals surface area contributed by atoms with Gasteiger partial charge < -0.3 is 4.90 Å². The van der Waals surface area contributed by atoms with Gasteiger partial charge in [-0.05, 0) is 19.1 Å². The van der Waals surface area contributed by atoms with Crippen LogP contribution in [0.2, 0.25) is 0 Å². The molecule has 3 aromatic rings. The van der Waals surface area contributed by atoms with E-state index in [2.05, 4.69) is 36.9 Å². The van der Waals surface area contributed by atoms with Gasteiger partial charge in [0.25, 0.3) is 0 Å². The van der Waals surface area contributed by atoms with Crippen molar-refractivity contribution in [3.8, 4) is 11.3 Å². The lowest BCUT2D eigenvalue weighted by molar-refractivity contribution is 0.198. The molecule has 0 bridgehead atoms. The van der Waals surface area contributed by atoms with E-state index in [0.29, 0.717) is 11.5 Å². The molecule has 0 spiro atoms. The molecule has 1 atom stereocenters. The Kier molecular flexibility index (Phi) is 4.81. The van der Waals surface area contributed by atoms with Crippen molar-refractivity contribution in [2.45, 2.75) is 13.0 Å². The van der Waals surface area contributed by atoms with E-state index < -0.39 is 11.6 Å². The SMILES string of the molecule is CC(c1cn[nH]c1)N1CCN(c2nccnc2-c2cccc(F)c2F)CC1. The minimum absolute atomic E-state index is 0.132. The number of aromatic amines is 1. The molecule has 1 aliphatic heterocycles. The second-order valence-electron chi connectivity index (χ2n) is 6.56. The molecule has 4 rings (SSSR count). The molecule has 1 N–H and O–H groups in total. The van der Waals surface area contributed by atoms with Crippen LogP contribution in [-0.2, 0) is 0 Å². The lowest BCUT2D eigenvalue weighted by Gasteiger charge is -2.38. The molecule has 1 unspecified atom stereocenters. The largest absolute Gasteiger partial charge is 0.352 e. The van der Waals surface area contributed by atoms with Gasteiger partial charge >= 0.3 is 0 Å². The summed E-state index contributed by atoms with van der Waals surface area (Å²) in [6.45, 7) is 5.26. The summed E-state index contributed by atoms with van der Waals surface area (Å²) in [5.41, 5.74) is 1.64. The maximum absolute atomic E-state index is 14.3. The number of rotatable bonds is 4. The lowest BCUT2D eigenvalue weighted by Crippen LogP contribution is -2.47. The average molecular weight is 370 g/mol. The van der Waals surface area contributed by atoms with E-state index in [1.54, 1.807) is 6.20 Å². The first-order valence-electron chi connectivity index (χ1n) is 8.88. The van der Waals surface area contributed by atoms with Gasteiger partial charge in [0.2, 0.25) is 0 Å². The normalized spacial score (nSPS) is 16.5. The van der Waals surface area contributed by atoms with Gasteiger partial charge in [-0.1, -0.05) is 6.07 Å². The van der Waals surface area contributed by atoms with Crippen molar-refractivity contribution in [3.63, 3.8) is 0 Å². The van der Waals surface area contributed by atoms with Crippen molar-refractivity contribution in [3.05, 3.63) is 60.2 Å². The Labute approximate surface area is 155 Å². The Morgan fingerprint density at radius 1 is 1.07 bits per heavy atom. The molecule has 1 saturated heterocycles. The van der Waals surface area contributed by atoms with Crippen LogP contribution in [0.25, 0.3) is 11.3 Å². The Morgan fingerprint density at radius 2 is 1.85 bits per heavy atom. The van der Waals surface area contributed by atoms with Gasteiger partial charge in [0.05, 0.1) is 6.20 Å². The molecular weight excluding hydrogens is 350 g/mol. The highest BCUT2D eigenvalue weighted by atomic mass is 19.2. The summed E-state index contributed by atoms with van der Waals surface area (Å²) < 4.78 is 27.9. The van der Waals surface area contributed by atoms with E-state index in [1.165, 1.54) is 18.3 Å². The average Bonchev–Trinajstić information content (AvgIpc) is 3.25. The molecule has 27 heavy (non-hydrogen) atoms. The summed E-state index contributed by atoms with van der Waals surface area (Å²) in [4.78, 5) is 13.1. The first-order valence-corrected chi connectivity index (χ1v) is 8.88. The predicted octanol–water partition coefficient (Wildman–Crippen LogP) is 3.03. The number of H-pyrrole nitrogens is 1. The molecule has 1 aromatic carbocycles. The van der Waals surface area contributed by atoms with Crippen LogP contribution in [0, 0.1) is 11.6 Å². The second kappa shape index (κ2) is 7.40. The molecule has 2 aromatic heterocycles. The third kappa shape index (κ3) is 3.40. The summed E-state index contributed by atoms with van der Waals surface area (Å²) in [6, 6.07) is 4.37. The number of nitrogens with one attached hydrogen (secondary N) is 1.